The van der Waals surface area contributed by atoms with E-state index < -0.39 is 23.9 Å². The first-order valence-electron chi connectivity index (χ1n) is 14.5. The summed E-state index contributed by atoms with van der Waals surface area (Å²) in [6, 6.07) is 14.2. The fourth-order valence-electron chi connectivity index (χ4n) is 3.80. The molecule has 0 saturated carbocycles. The van der Waals surface area contributed by atoms with Gasteiger partial charge in [-0.05, 0) is 30.0 Å². The summed E-state index contributed by atoms with van der Waals surface area (Å²) in [5.74, 6) is -3.56. The summed E-state index contributed by atoms with van der Waals surface area (Å²) in [6.45, 7) is 6.92. The third-order valence-electron chi connectivity index (χ3n) is 6.23. The number of carboxylic acids is 4. The van der Waals surface area contributed by atoms with Crippen LogP contribution in [-0.4, -0.2) is 82.1 Å². The van der Waals surface area contributed by atoms with Crippen molar-refractivity contribution in [3.8, 4) is 11.3 Å². The second kappa shape index (κ2) is 19.4. The maximum atomic E-state index is 9.58. The minimum absolute atomic E-state index is 0.0284. The van der Waals surface area contributed by atoms with Gasteiger partial charge in [0.05, 0.1) is 24.9 Å². The van der Waals surface area contributed by atoms with E-state index in [1.54, 1.807) is 6.20 Å². The molecular weight excluding hydrogens is 626 g/mol. The van der Waals surface area contributed by atoms with Crippen LogP contribution in [-0.2, 0) is 25.7 Å². The van der Waals surface area contributed by atoms with Crippen LogP contribution in [0.1, 0.15) is 44.2 Å². The Morgan fingerprint density at radius 1 is 0.875 bits per heavy atom. The Labute approximate surface area is 275 Å². The number of carbonyl (C=O) groups is 4. The van der Waals surface area contributed by atoms with E-state index in [4.69, 9.17) is 25.4 Å². The molecule has 0 spiro atoms. The van der Waals surface area contributed by atoms with Gasteiger partial charge in [-0.3, -0.25) is 15.4 Å². The molecule has 254 valence electrons. The van der Waals surface area contributed by atoms with Crippen LogP contribution >= 0.6 is 0 Å². The van der Waals surface area contributed by atoms with Crippen LogP contribution in [0.3, 0.4) is 0 Å². The number of rotatable bonds is 13. The fourth-order valence-corrected chi connectivity index (χ4v) is 3.80. The van der Waals surface area contributed by atoms with E-state index in [2.05, 4.69) is 63.8 Å². The zero-order valence-electron chi connectivity index (χ0n) is 26.4. The highest BCUT2D eigenvalue weighted by Crippen LogP contribution is 2.20. The molecule has 0 unspecified atom stereocenters. The number of aromatic nitrogens is 5. The Bertz CT molecular complexity index is 1650. The Morgan fingerprint density at radius 2 is 1.46 bits per heavy atom. The molecule has 0 amide bonds. The first-order valence-corrected chi connectivity index (χ1v) is 14.5. The summed E-state index contributed by atoms with van der Waals surface area (Å²) in [5, 5.41) is 50.8. The Kier molecular flexibility index (Phi) is 15.3. The first-order chi connectivity index (χ1) is 22.8. The molecule has 0 saturated heterocycles. The van der Waals surface area contributed by atoms with Crippen LogP contribution in [0.25, 0.3) is 16.9 Å². The third-order valence-corrected chi connectivity index (χ3v) is 6.23. The maximum Gasteiger partial charge on any atom is 0.374 e. The van der Waals surface area contributed by atoms with Crippen LogP contribution in [0, 0.1) is 0 Å². The number of nitrogens with one attached hydrogen (secondary N) is 3. The lowest BCUT2D eigenvalue weighted by Crippen LogP contribution is -2.33. The van der Waals surface area contributed by atoms with Crippen molar-refractivity contribution in [1.82, 2.24) is 20.1 Å². The molecule has 3 heterocycles. The van der Waals surface area contributed by atoms with Gasteiger partial charge in [0.15, 0.2) is 0 Å². The van der Waals surface area contributed by atoms with Gasteiger partial charge < -0.3 is 30.8 Å². The van der Waals surface area contributed by atoms with Crippen LogP contribution in [0.4, 0.5) is 11.9 Å². The van der Waals surface area contributed by atoms with E-state index >= 15 is 0 Å². The summed E-state index contributed by atoms with van der Waals surface area (Å²) in [7, 11) is 0. The van der Waals surface area contributed by atoms with E-state index in [0.29, 0.717) is 48.7 Å². The van der Waals surface area contributed by atoms with E-state index in [0.717, 1.165) is 34.5 Å². The van der Waals surface area contributed by atoms with Gasteiger partial charge in [0.2, 0.25) is 0 Å². The number of benzene rings is 1. The van der Waals surface area contributed by atoms with Crippen molar-refractivity contribution in [1.29, 1.82) is 0 Å². The quantitative estimate of drug-likeness (QED) is 0.0756. The largest absolute Gasteiger partial charge is 0.478 e. The lowest BCUT2D eigenvalue weighted by atomic mass is 10.1. The van der Waals surface area contributed by atoms with Gasteiger partial charge in [-0.15, -0.1) is 4.52 Å². The second-order valence-electron chi connectivity index (χ2n) is 10.1. The van der Waals surface area contributed by atoms with Crippen LogP contribution in [0.5, 0.6) is 0 Å². The standard InChI is InChI=1S/C24H29N7O.2C4H4O4/c1-4-19(15-32)28-23-29-22-20(16(2)3)14-27-31(22)24(30-23)26-13-17-8-10-18(11-9-17)21-7-5-6-12-25-21;2*5-3(6)1-2-4(7)8/h5-12,14,16,19,32H,4,13,15H2,1-3H3,(H2,26,27,28,29,30);2*1-2H,(H,5,6)(H,7,8)/p+1/b;2*2-1+/t19-;;/m1../s1. The number of hydrogen-bond donors (Lipinski definition) is 8. The minimum Gasteiger partial charge on any atom is -0.478 e. The Hall–Kier alpha value is -6.16. The summed E-state index contributed by atoms with van der Waals surface area (Å²) in [5.41, 5.74) is 5.09. The van der Waals surface area contributed by atoms with Crippen LogP contribution < -0.4 is 15.1 Å². The number of carboxylic acid groups (broad SMARTS) is 4. The molecule has 16 heteroatoms. The monoisotopic (exact) mass is 664 g/mol. The predicted octanol–water partition coefficient (Wildman–Crippen LogP) is 2.95. The number of aliphatic hydroxyl groups excluding tert-OH is 1. The van der Waals surface area contributed by atoms with Gasteiger partial charge in [0.25, 0.3) is 5.65 Å². The van der Waals surface area contributed by atoms with Crippen LogP contribution in [0.2, 0.25) is 0 Å². The molecule has 0 bridgehead atoms. The number of hydrogen-bond acceptors (Lipinski definition) is 10. The molecular formula is C32H38N7O9+. The van der Waals surface area contributed by atoms with Gasteiger partial charge in [-0.2, -0.15) is 0 Å². The molecule has 48 heavy (non-hydrogen) atoms. The number of anilines is 2. The molecule has 0 fully saturated rings. The summed E-state index contributed by atoms with van der Waals surface area (Å²) in [6.07, 6.45) is 6.78. The molecule has 1 atom stereocenters. The van der Waals surface area contributed by atoms with E-state index in [9.17, 15) is 24.3 Å². The van der Waals surface area contributed by atoms with E-state index in [-0.39, 0.29) is 12.6 Å². The minimum atomic E-state index is -1.26. The zero-order chi connectivity index (χ0) is 35.6. The van der Waals surface area contributed by atoms with Crippen molar-refractivity contribution in [2.45, 2.75) is 45.7 Å². The molecule has 4 aromatic rings. The number of nitrogens with zero attached hydrogens (tertiary/aromatic N) is 4. The summed E-state index contributed by atoms with van der Waals surface area (Å²) >= 11 is 0. The summed E-state index contributed by atoms with van der Waals surface area (Å²) < 4.78 is 1.86. The van der Waals surface area contributed by atoms with E-state index in [1.165, 1.54) is 0 Å². The third kappa shape index (κ3) is 13.1. The average Bonchev–Trinajstić information content (AvgIpc) is 3.50. The highest BCUT2D eigenvalue weighted by molar-refractivity contribution is 5.90. The molecule has 8 N–H and O–H groups in total. The van der Waals surface area contributed by atoms with Crippen molar-refractivity contribution in [3.05, 3.63) is 90.3 Å². The molecule has 1 aromatic carbocycles. The smallest absolute Gasteiger partial charge is 0.374 e. The van der Waals surface area contributed by atoms with Gasteiger partial charge in [0.1, 0.15) is 0 Å². The zero-order valence-corrected chi connectivity index (χ0v) is 26.4. The van der Waals surface area contributed by atoms with Crippen molar-refractivity contribution in [2.75, 3.05) is 17.2 Å². The molecule has 0 aliphatic rings. The van der Waals surface area contributed by atoms with Gasteiger partial charge >= 0.3 is 35.8 Å². The first kappa shape index (κ1) is 38.0. The number of pyridine rings is 1. The molecule has 0 aliphatic carbocycles. The van der Waals surface area contributed by atoms with Crippen molar-refractivity contribution in [2.24, 2.45) is 0 Å². The topological polar surface area (TPSA) is 252 Å². The Balaban J connectivity index is 0.000000414. The average molecular weight is 665 g/mol. The fraction of sp³-hybridized carbons (Fsp3) is 0.250. The summed E-state index contributed by atoms with van der Waals surface area (Å²) in [4.78, 5) is 52.0. The van der Waals surface area contributed by atoms with E-state index in [1.807, 2.05) is 35.8 Å². The normalized spacial score (nSPS) is 11.4. The number of fused-ring (bicyclic) bond motifs is 1. The van der Waals surface area contributed by atoms with Crippen molar-refractivity contribution < 1.29 is 49.2 Å². The highest BCUT2D eigenvalue weighted by atomic mass is 16.4. The predicted molar refractivity (Wildman–Crippen MR) is 174 cm³/mol. The number of aliphatic hydroxyl groups is 1. The van der Waals surface area contributed by atoms with Crippen LogP contribution in [0.15, 0.2) is 79.2 Å². The van der Waals surface area contributed by atoms with Crippen molar-refractivity contribution in [3.63, 3.8) is 0 Å². The molecule has 3 aromatic heterocycles. The Morgan fingerprint density at radius 3 is 1.92 bits per heavy atom. The lowest BCUT2D eigenvalue weighted by Gasteiger charge is -2.12. The van der Waals surface area contributed by atoms with Gasteiger partial charge in [0, 0.05) is 47.8 Å². The molecule has 0 radical (unpaired) electrons. The number of aromatic amines is 1. The van der Waals surface area contributed by atoms with Gasteiger partial charge in [-0.1, -0.05) is 61.1 Å². The SMILES string of the molecule is CC[C@H](CO)Nc1nc(NCc2ccc(-c3ccccn3)cc2)[n+]2[nH]cc(C(C)C)c2n1.O=C(O)/C=C/C(=O)O.O=C(O)/C=C/C(=O)O. The molecule has 0 aliphatic heterocycles. The maximum absolute atomic E-state index is 9.58. The molecule has 4 rings (SSSR count). The van der Waals surface area contributed by atoms with Gasteiger partial charge in [-0.25, -0.2) is 19.2 Å². The number of H-pyrrole nitrogens is 1. The highest BCUT2D eigenvalue weighted by Gasteiger charge is 2.22. The second-order valence-corrected chi connectivity index (χ2v) is 10.1. The lowest BCUT2D eigenvalue weighted by molar-refractivity contribution is -0.567. The molecule has 16 nitrogen and oxygen atoms in total. The van der Waals surface area contributed by atoms with Crippen molar-refractivity contribution >= 4 is 41.4 Å². The number of aliphatic carboxylic acids is 4.